The Balaban J connectivity index is 1.83. The van der Waals surface area contributed by atoms with E-state index in [9.17, 15) is 14.4 Å². The van der Waals surface area contributed by atoms with Crippen molar-refractivity contribution in [1.29, 1.82) is 0 Å². The second-order valence-electron chi connectivity index (χ2n) is 5.39. The molecule has 1 aromatic heterocycles. The number of aromatic nitrogens is 1. The van der Waals surface area contributed by atoms with Crippen LogP contribution in [0.1, 0.15) is 41.2 Å². The number of thiazole rings is 1. The van der Waals surface area contributed by atoms with E-state index in [2.05, 4.69) is 26.5 Å². The van der Waals surface area contributed by atoms with Crippen LogP contribution in [0.4, 0.5) is 9.59 Å². The first kappa shape index (κ1) is 19.5. The Hall–Kier alpha value is -2.80. The van der Waals surface area contributed by atoms with Crippen LogP contribution in [0.5, 0.6) is 0 Å². The molecular weight excluding hydrogens is 360 g/mol. The summed E-state index contributed by atoms with van der Waals surface area (Å²) < 4.78 is 9.56. The molecule has 1 aliphatic heterocycles. The molecule has 2 rings (SSSR count). The highest BCUT2D eigenvalue weighted by Gasteiger charge is 2.27. The number of terminal acetylenes is 1. The van der Waals surface area contributed by atoms with E-state index < -0.39 is 18.1 Å². The van der Waals surface area contributed by atoms with Crippen molar-refractivity contribution in [1.82, 2.24) is 20.7 Å². The third-order valence-corrected chi connectivity index (χ3v) is 4.70. The highest BCUT2D eigenvalue weighted by atomic mass is 32.1. The Bertz CT molecular complexity index is 691. The SMILES string of the molecule is C#CCOC(=O)N1CCC(c2nc(C(=O)NNC(=O)OCC)cs2)CC1. The van der Waals surface area contributed by atoms with Crippen LogP contribution in [0.15, 0.2) is 5.38 Å². The standard InChI is InChI=1S/C16H20N4O5S/c1-3-9-25-16(23)20-7-5-11(6-8-20)14-17-12(10-26-14)13(21)18-19-15(22)24-4-2/h1,10-11H,4-9H2,2H3,(H,18,21)(H,19,22). The lowest BCUT2D eigenvalue weighted by Gasteiger charge is -2.30. The molecule has 26 heavy (non-hydrogen) atoms. The van der Waals surface area contributed by atoms with Crippen LogP contribution >= 0.6 is 11.3 Å². The van der Waals surface area contributed by atoms with Gasteiger partial charge in [0.2, 0.25) is 0 Å². The van der Waals surface area contributed by atoms with E-state index in [0.29, 0.717) is 13.1 Å². The fraction of sp³-hybridized carbons (Fsp3) is 0.500. The first-order valence-electron chi connectivity index (χ1n) is 8.08. The minimum Gasteiger partial charge on any atom is -0.449 e. The molecule has 10 heteroatoms. The summed E-state index contributed by atoms with van der Waals surface area (Å²) in [4.78, 5) is 40.8. The number of piperidine rings is 1. The molecule has 0 saturated carbocycles. The van der Waals surface area contributed by atoms with Gasteiger partial charge in [-0.25, -0.2) is 20.0 Å². The van der Waals surface area contributed by atoms with Crippen molar-refractivity contribution in [3.05, 3.63) is 16.1 Å². The van der Waals surface area contributed by atoms with Crippen LogP contribution in [0, 0.1) is 12.3 Å². The van der Waals surface area contributed by atoms with E-state index in [1.807, 2.05) is 0 Å². The van der Waals surface area contributed by atoms with E-state index in [4.69, 9.17) is 11.2 Å². The van der Waals surface area contributed by atoms with E-state index >= 15 is 0 Å². The number of carbonyl (C=O) groups is 3. The summed E-state index contributed by atoms with van der Waals surface area (Å²) in [6, 6.07) is 0. The van der Waals surface area contributed by atoms with Crippen LogP contribution in [-0.2, 0) is 9.47 Å². The second kappa shape index (κ2) is 9.62. The van der Waals surface area contributed by atoms with Gasteiger partial charge in [0.15, 0.2) is 6.61 Å². The average Bonchev–Trinajstić information content (AvgIpc) is 3.15. The van der Waals surface area contributed by atoms with Crippen molar-refractivity contribution in [2.24, 2.45) is 0 Å². The van der Waals surface area contributed by atoms with Crippen molar-refractivity contribution >= 4 is 29.4 Å². The number of hydrogen-bond acceptors (Lipinski definition) is 7. The van der Waals surface area contributed by atoms with Gasteiger partial charge in [-0.1, -0.05) is 5.92 Å². The van der Waals surface area contributed by atoms with Crippen LogP contribution in [0.3, 0.4) is 0 Å². The molecule has 0 aliphatic carbocycles. The lowest BCUT2D eigenvalue weighted by atomic mass is 9.98. The van der Waals surface area contributed by atoms with Gasteiger partial charge in [0.25, 0.3) is 5.91 Å². The Kier molecular flexibility index (Phi) is 7.23. The molecule has 1 aromatic rings. The molecule has 0 atom stereocenters. The maximum atomic E-state index is 12.0. The minimum atomic E-state index is -0.736. The zero-order chi connectivity index (χ0) is 18.9. The molecular formula is C16H20N4O5S. The van der Waals surface area contributed by atoms with E-state index in [0.717, 1.165) is 17.8 Å². The van der Waals surface area contributed by atoms with Gasteiger partial charge in [0, 0.05) is 24.4 Å². The first-order chi connectivity index (χ1) is 12.5. The van der Waals surface area contributed by atoms with Gasteiger partial charge in [-0.05, 0) is 19.8 Å². The summed E-state index contributed by atoms with van der Waals surface area (Å²) in [5, 5.41) is 2.45. The molecule has 9 nitrogen and oxygen atoms in total. The van der Waals surface area contributed by atoms with Gasteiger partial charge < -0.3 is 14.4 Å². The van der Waals surface area contributed by atoms with Crippen molar-refractivity contribution in [3.8, 4) is 12.3 Å². The normalized spacial score (nSPS) is 14.2. The number of hydrogen-bond donors (Lipinski definition) is 2. The van der Waals surface area contributed by atoms with Crippen molar-refractivity contribution in [2.45, 2.75) is 25.7 Å². The van der Waals surface area contributed by atoms with Crippen LogP contribution in [0.25, 0.3) is 0 Å². The van der Waals surface area contributed by atoms with E-state index in [1.165, 1.54) is 11.3 Å². The maximum Gasteiger partial charge on any atom is 0.426 e. The molecule has 3 amide bonds. The van der Waals surface area contributed by atoms with Gasteiger partial charge in [0.1, 0.15) is 5.69 Å². The number of rotatable bonds is 4. The predicted molar refractivity (Wildman–Crippen MR) is 93.5 cm³/mol. The molecule has 1 aliphatic rings. The van der Waals surface area contributed by atoms with Crippen molar-refractivity contribution in [3.63, 3.8) is 0 Å². The molecule has 0 aromatic carbocycles. The summed E-state index contributed by atoms with van der Waals surface area (Å²) in [6.45, 7) is 2.91. The smallest absolute Gasteiger partial charge is 0.426 e. The summed E-state index contributed by atoms with van der Waals surface area (Å²) in [7, 11) is 0. The Morgan fingerprint density at radius 1 is 1.35 bits per heavy atom. The summed E-state index contributed by atoms with van der Waals surface area (Å²) in [5.74, 6) is 1.91. The van der Waals surface area contributed by atoms with Gasteiger partial charge in [0.05, 0.1) is 11.6 Å². The Morgan fingerprint density at radius 3 is 2.73 bits per heavy atom. The molecule has 0 radical (unpaired) electrons. The highest BCUT2D eigenvalue weighted by molar-refractivity contribution is 7.09. The fourth-order valence-electron chi connectivity index (χ4n) is 2.42. The Labute approximate surface area is 155 Å². The molecule has 1 saturated heterocycles. The van der Waals surface area contributed by atoms with Gasteiger partial charge >= 0.3 is 12.2 Å². The largest absolute Gasteiger partial charge is 0.449 e. The van der Waals surface area contributed by atoms with Gasteiger partial charge in [-0.15, -0.1) is 17.8 Å². The quantitative estimate of drug-likeness (QED) is 0.605. The number of nitrogens with zero attached hydrogens (tertiary/aromatic N) is 2. The lowest BCUT2D eigenvalue weighted by Crippen LogP contribution is -2.42. The third kappa shape index (κ3) is 5.35. The predicted octanol–water partition coefficient (Wildman–Crippen LogP) is 1.48. The number of hydrazine groups is 1. The summed E-state index contributed by atoms with van der Waals surface area (Å²) >= 11 is 1.38. The molecule has 0 bridgehead atoms. The van der Waals surface area contributed by atoms with Crippen LogP contribution in [0.2, 0.25) is 0 Å². The van der Waals surface area contributed by atoms with Crippen LogP contribution < -0.4 is 10.9 Å². The van der Waals surface area contributed by atoms with Crippen molar-refractivity contribution < 1.29 is 23.9 Å². The van der Waals surface area contributed by atoms with E-state index in [-0.39, 0.29) is 24.8 Å². The van der Waals surface area contributed by atoms with E-state index in [1.54, 1.807) is 17.2 Å². The average molecular weight is 380 g/mol. The Morgan fingerprint density at radius 2 is 2.08 bits per heavy atom. The van der Waals surface area contributed by atoms with Crippen molar-refractivity contribution in [2.75, 3.05) is 26.3 Å². The summed E-state index contributed by atoms with van der Waals surface area (Å²) in [5.41, 5.74) is 4.59. The number of nitrogens with one attached hydrogen (secondary N) is 2. The molecule has 0 unspecified atom stereocenters. The zero-order valence-electron chi connectivity index (χ0n) is 14.3. The second-order valence-corrected chi connectivity index (χ2v) is 6.28. The van der Waals surface area contributed by atoms with Crippen LogP contribution in [-0.4, -0.2) is 54.3 Å². The third-order valence-electron chi connectivity index (χ3n) is 3.69. The van der Waals surface area contributed by atoms with Gasteiger partial charge in [-0.3, -0.25) is 10.2 Å². The highest BCUT2D eigenvalue weighted by Crippen LogP contribution is 2.30. The molecule has 2 N–H and O–H groups in total. The number of carbonyl (C=O) groups excluding carboxylic acids is 3. The first-order valence-corrected chi connectivity index (χ1v) is 8.96. The molecule has 1 fully saturated rings. The molecule has 140 valence electrons. The molecule has 2 heterocycles. The maximum absolute atomic E-state index is 12.0. The topological polar surface area (TPSA) is 110 Å². The monoisotopic (exact) mass is 380 g/mol. The van der Waals surface area contributed by atoms with Gasteiger partial charge in [-0.2, -0.15) is 0 Å². The minimum absolute atomic E-state index is 0.0381. The lowest BCUT2D eigenvalue weighted by molar-refractivity contribution is 0.0908. The number of amides is 3. The molecule has 0 spiro atoms. The number of likely N-dealkylation sites (tertiary alicyclic amines) is 1. The number of ether oxygens (including phenoxy) is 2. The fourth-order valence-corrected chi connectivity index (χ4v) is 3.39. The summed E-state index contributed by atoms with van der Waals surface area (Å²) in [6.07, 6.45) is 5.37. The zero-order valence-corrected chi connectivity index (χ0v) is 15.1.